The van der Waals surface area contributed by atoms with E-state index in [2.05, 4.69) is 186 Å². The average molecular weight is 732 g/mol. The SMILES string of the molecule is C1=C(c2cccc(-c3ccccc3)c2)N=C(c2cccc3oc4c(-n5c6ccccc6c6c7oc8ccccc8c7ccc65)cccc4c23)NC1c1ccccc1. The van der Waals surface area contributed by atoms with Crippen LogP contribution >= 0.6 is 0 Å². The average Bonchev–Trinajstić information content (AvgIpc) is 3.97. The molecule has 0 amide bonds. The first-order valence-electron chi connectivity index (χ1n) is 19.3. The van der Waals surface area contributed by atoms with Gasteiger partial charge in [-0.2, -0.15) is 0 Å². The molecule has 1 atom stereocenters. The van der Waals surface area contributed by atoms with Crippen molar-refractivity contribution >= 4 is 77.2 Å². The lowest BCUT2D eigenvalue weighted by Gasteiger charge is -2.25. The van der Waals surface area contributed by atoms with E-state index in [1.807, 2.05) is 12.1 Å². The molecular formula is C52H33N3O2. The summed E-state index contributed by atoms with van der Waals surface area (Å²) in [6, 6.07) is 63.6. The van der Waals surface area contributed by atoms with Crippen LogP contribution in [0, 0.1) is 0 Å². The minimum Gasteiger partial charge on any atom is -0.455 e. The number of para-hydroxylation sites is 3. The molecule has 1 N–H and O–H groups in total. The first-order valence-corrected chi connectivity index (χ1v) is 19.3. The quantitative estimate of drug-likeness (QED) is 0.192. The van der Waals surface area contributed by atoms with Crippen LogP contribution in [0.4, 0.5) is 0 Å². The number of hydrogen-bond donors (Lipinski definition) is 1. The van der Waals surface area contributed by atoms with Gasteiger partial charge in [0, 0.05) is 38.1 Å². The van der Waals surface area contributed by atoms with Crippen LogP contribution in [0.3, 0.4) is 0 Å². The van der Waals surface area contributed by atoms with Gasteiger partial charge in [0.25, 0.3) is 0 Å². The molecule has 0 saturated carbocycles. The van der Waals surface area contributed by atoms with E-state index in [1.54, 1.807) is 0 Å². The Bertz CT molecular complexity index is 3440. The second-order valence-electron chi connectivity index (χ2n) is 14.7. The number of nitrogens with one attached hydrogen (secondary N) is 1. The Kier molecular flexibility index (Phi) is 6.92. The molecule has 4 heterocycles. The molecule has 0 spiro atoms. The maximum Gasteiger partial charge on any atom is 0.159 e. The van der Waals surface area contributed by atoms with Gasteiger partial charge >= 0.3 is 0 Å². The smallest absolute Gasteiger partial charge is 0.159 e. The van der Waals surface area contributed by atoms with Crippen molar-refractivity contribution in [2.75, 3.05) is 0 Å². The third-order valence-corrected chi connectivity index (χ3v) is 11.5. The highest BCUT2D eigenvalue weighted by Crippen LogP contribution is 2.43. The predicted octanol–water partition coefficient (Wildman–Crippen LogP) is 13.4. The molecule has 5 heteroatoms. The van der Waals surface area contributed by atoms with Crippen molar-refractivity contribution in [1.82, 2.24) is 9.88 Å². The summed E-state index contributed by atoms with van der Waals surface area (Å²) in [4.78, 5) is 5.38. The van der Waals surface area contributed by atoms with Gasteiger partial charge in [0.2, 0.25) is 0 Å². The zero-order valence-corrected chi connectivity index (χ0v) is 30.7. The first-order chi connectivity index (χ1) is 28.3. The van der Waals surface area contributed by atoms with Crippen LogP contribution in [0.2, 0.25) is 0 Å². The highest BCUT2D eigenvalue weighted by molar-refractivity contribution is 6.25. The fourth-order valence-electron chi connectivity index (χ4n) is 8.86. The van der Waals surface area contributed by atoms with E-state index in [0.717, 1.165) is 105 Å². The van der Waals surface area contributed by atoms with Gasteiger partial charge in [-0.25, -0.2) is 4.99 Å². The standard InChI is InChI=1S/C52H33N3O2/c1-3-14-32(15-4-1)34-18-11-19-35(30-34)42-31-41(33-16-5-2-6-17-33)53-52(54-42)40-23-13-27-47-48(40)39-22-12-25-45(50(39)57-47)55-43-24-9-7-21-38(43)49-44(55)29-28-37-36-20-8-10-26-46(36)56-51(37)49/h1-31,41H,(H,53,54). The molecule has 268 valence electrons. The van der Waals surface area contributed by atoms with E-state index >= 15 is 0 Å². The maximum atomic E-state index is 6.92. The van der Waals surface area contributed by atoms with E-state index in [0.29, 0.717) is 0 Å². The van der Waals surface area contributed by atoms with E-state index in [1.165, 1.54) is 5.56 Å². The Balaban J connectivity index is 1.06. The van der Waals surface area contributed by atoms with Gasteiger partial charge < -0.3 is 18.7 Å². The number of hydrogen-bond acceptors (Lipinski definition) is 4. The summed E-state index contributed by atoms with van der Waals surface area (Å²) in [5.74, 6) is 0.800. The molecule has 0 bridgehead atoms. The van der Waals surface area contributed by atoms with Crippen LogP contribution in [0.15, 0.2) is 202 Å². The van der Waals surface area contributed by atoms with Gasteiger partial charge in [-0.1, -0.05) is 140 Å². The minimum atomic E-state index is -0.0919. The van der Waals surface area contributed by atoms with Gasteiger partial charge in [-0.05, 0) is 65.2 Å². The van der Waals surface area contributed by atoms with Crippen molar-refractivity contribution in [3.63, 3.8) is 0 Å². The molecule has 0 fully saturated rings. The summed E-state index contributed by atoms with van der Waals surface area (Å²) in [6.45, 7) is 0. The zero-order valence-electron chi connectivity index (χ0n) is 30.7. The van der Waals surface area contributed by atoms with Gasteiger partial charge in [-0.15, -0.1) is 0 Å². The van der Waals surface area contributed by atoms with Gasteiger partial charge in [0.15, 0.2) is 5.58 Å². The Hall–Kier alpha value is -7.63. The highest BCUT2D eigenvalue weighted by Gasteiger charge is 2.25. The number of fused-ring (bicyclic) bond motifs is 10. The van der Waals surface area contributed by atoms with Crippen molar-refractivity contribution in [2.24, 2.45) is 4.99 Å². The van der Waals surface area contributed by atoms with E-state index < -0.39 is 0 Å². The molecular weight excluding hydrogens is 699 g/mol. The summed E-state index contributed by atoms with van der Waals surface area (Å²) < 4.78 is 15.8. The highest BCUT2D eigenvalue weighted by atomic mass is 16.3. The van der Waals surface area contributed by atoms with Crippen molar-refractivity contribution in [3.05, 3.63) is 205 Å². The lowest BCUT2D eigenvalue weighted by atomic mass is 9.97. The van der Waals surface area contributed by atoms with Crippen molar-refractivity contribution in [2.45, 2.75) is 6.04 Å². The molecule has 11 aromatic rings. The van der Waals surface area contributed by atoms with Crippen LogP contribution in [0.1, 0.15) is 22.7 Å². The molecule has 12 rings (SSSR count). The van der Waals surface area contributed by atoms with Crippen LogP contribution < -0.4 is 5.32 Å². The number of benzene rings is 8. The fourth-order valence-corrected chi connectivity index (χ4v) is 8.86. The van der Waals surface area contributed by atoms with Crippen LogP contribution in [-0.4, -0.2) is 10.4 Å². The molecule has 57 heavy (non-hydrogen) atoms. The third kappa shape index (κ3) is 4.92. The minimum absolute atomic E-state index is 0.0919. The van der Waals surface area contributed by atoms with E-state index in [-0.39, 0.29) is 6.04 Å². The van der Waals surface area contributed by atoms with Crippen molar-refractivity contribution in [3.8, 4) is 16.8 Å². The molecule has 1 aliphatic rings. The van der Waals surface area contributed by atoms with Gasteiger partial charge in [0.1, 0.15) is 22.6 Å². The molecule has 0 aliphatic carbocycles. The third-order valence-electron chi connectivity index (χ3n) is 11.5. The lowest BCUT2D eigenvalue weighted by molar-refractivity contribution is 0.666. The molecule has 5 nitrogen and oxygen atoms in total. The zero-order chi connectivity index (χ0) is 37.5. The molecule has 3 aromatic heterocycles. The molecule has 1 aliphatic heterocycles. The van der Waals surface area contributed by atoms with Crippen LogP contribution in [0.5, 0.6) is 0 Å². The number of furan rings is 2. The topological polar surface area (TPSA) is 55.6 Å². The molecule has 1 unspecified atom stereocenters. The number of rotatable bonds is 5. The Labute approximate surface area is 327 Å². The number of nitrogens with zero attached hydrogens (tertiary/aromatic N) is 2. The number of aromatic nitrogens is 1. The molecule has 8 aromatic carbocycles. The van der Waals surface area contributed by atoms with E-state index in [9.17, 15) is 0 Å². The summed E-state index contributed by atoms with van der Waals surface area (Å²) in [6.07, 6.45) is 2.23. The predicted molar refractivity (Wildman–Crippen MR) is 234 cm³/mol. The Morgan fingerprint density at radius 3 is 2.05 bits per heavy atom. The Morgan fingerprint density at radius 2 is 1.16 bits per heavy atom. The number of aliphatic imine (C=N–C) groups is 1. The maximum absolute atomic E-state index is 6.92. The second-order valence-corrected chi connectivity index (χ2v) is 14.7. The monoisotopic (exact) mass is 731 g/mol. The summed E-state index contributed by atoms with van der Waals surface area (Å²) in [5, 5.41) is 10.3. The van der Waals surface area contributed by atoms with Crippen LogP contribution in [0.25, 0.3) is 88.2 Å². The number of amidine groups is 1. The van der Waals surface area contributed by atoms with Crippen LogP contribution in [-0.2, 0) is 0 Å². The van der Waals surface area contributed by atoms with Gasteiger partial charge in [-0.3, -0.25) is 0 Å². The summed E-state index contributed by atoms with van der Waals surface area (Å²) >= 11 is 0. The van der Waals surface area contributed by atoms with Gasteiger partial charge in [0.05, 0.1) is 33.8 Å². The van der Waals surface area contributed by atoms with E-state index in [4.69, 9.17) is 13.8 Å². The molecule has 0 radical (unpaired) electrons. The summed E-state index contributed by atoms with van der Waals surface area (Å²) in [5.41, 5.74) is 13.0. The summed E-state index contributed by atoms with van der Waals surface area (Å²) in [7, 11) is 0. The second kappa shape index (κ2) is 12.4. The Morgan fingerprint density at radius 1 is 0.474 bits per heavy atom. The largest absolute Gasteiger partial charge is 0.455 e. The first kappa shape index (κ1) is 31.7. The van der Waals surface area contributed by atoms with Crippen molar-refractivity contribution in [1.29, 1.82) is 0 Å². The fraction of sp³-hybridized carbons (Fsp3) is 0.0192. The molecule has 0 saturated heterocycles. The van der Waals surface area contributed by atoms with Crippen molar-refractivity contribution < 1.29 is 8.83 Å². The normalized spacial score (nSPS) is 14.5. The lowest BCUT2D eigenvalue weighted by Crippen LogP contribution is -2.31.